The number of aliphatic hydroxyl groups excluding tert-OH is 1. The van der Waals surface area contributed by atoms with Crippen LogP contribution in [-0.2, 0) is 0 Å². The van der Waals surface area contributed by atoms with Gasteiger partial charge in [0.05, 0.1) is 10.2 Å². The number of rotatable bonds is 3. The van der Waals surface area contributed by atoms with E-state index in [9.17, 15) is 13.2 Å². The Hall–Kier alpha value is -0.500. The average molecular weight is 345 g/mol. The molecule has 16 heavy (non-hydrogen) atoms. The van der Waals surface area contributed by atoms with Crippen LogP contribution >= 0.6 is 22.6 Å². The van der Waals surface area contributed by atoms with E-state index in [1.165, 1.54) is 12.1 Å². The fraction of sp³-hybridized carbons (Fsp3) is 0.300. The van der Waals surface area contributed by atoms with Crippen LogP contribution in [0.5, 0.6) is 5.75 Å². The molecule has 2 nitrogen and oxygen atoms in total. The molecule has 1 unspecified atom stereocenters. The van der Waals surface area contributed by atoms with Crippen LogP contribution in [0.15, 0.2) is 18.2 Å². The number of alkyl halides is 3. The van der Waals surface area contributed by atoms with Gasteiger partial charge in [0.25, 0.3) is 0 Å². The van der Waals surface area contributed by atoms with E-state index in [1.54, 1.807) is 28.7 Å². The van der Waals surface area contributed by atoms with Crippen LogP contribution < -0.4 is 4.74 Å². The number of benzene rings is 1. The van der Waals surface area contributed by atoms with Crippen molar-refractivity contribution in [1.82, 2.24) is 0 Å². The number of halogens is 4. The molecule has 0 spiro atoms. The standard InChI is InChI=1S/C10H9F3IO2/c1-6(5-15)7-3-2-4-8(14)9(7)16-10(11,12)13/h2-4,6,15H,1,5H2. The molecule has 0 aliphatic carbocycles. The summed E-state index contributed by atoms with van der Waals surface area (Å²) in [5, 5.41) is 8.90. The van der Waals surface area contributed by atoms with Gasteiger partial charge in [0.15, 0.2) is 0 Å². The highest BCUT2D eigenvalue weighted by atomic mass is 127. The summed E-state index contributed by atoms with van der Waals surface area (Å²) in [6.45, 7) is 3.22. The van der Waals surface area contributed by atoms with E-state index in [4.69, 9.17) is 5.11 Å². The molecule has 0 aliphatic heterocycles. The molecule has 1 radical (unpaired) electrons. The highest BCUT2D eigenvalue weighted by Crippen LogP contribution is 2.34. The van der Waals surface area contributed by atoms with Crippen molar-refractivity contribution in [3.05, 3.63) is 34.3 Å². The normalized spacial score (nSPS) is 13.6. The summed E-state index contributed by atoms with van der Waals surface area (Å²) in [6, 6.07) is 4.54. The zero-order valence-electron chi connectivity index (χ0n) is 8.09. The first-order chi connectivity index (χ1) is 7.35. The number of para-hydroxylation sites is 1. The largest absolute Gasteiger partial charge is 0.573 e. The van der Waals surface area contributed by atoms with Gasteiger partial charge in [-0.3, -0.25) is 0 Å². The molecule has 0 saturated heterocycles. The molecule has 1 N–H and O–H groups in total. The molecule has 0 saturated carbocycles. The molecule has 0 aliphatic rings. The Labute approximate surface area is 105 Å². The van der Waals surface area contributed by atoms with E-state index in [-0.39, 0.29) is 17.9 Å². The van der Waals surface area contributed by atoms with Gasteiger partial charge in [0.1, 0.15) is 5.75 Å². The fourth-order valence-electron chi connectivity index (χ4n) is 1.17. The highest BCUT2D eigenvalue weighted by molar-refractivity contribution is 14.1. The summed E-state index contributed by atoms with van der Waals surface area (Å²) in [6.07, 6.45) is -4.74. The third-order valence-electron chi connectivity index (χ3n) is 1.88. The Kier molecular flexibility index (Phi) is 4.43. The van der Waals surface area contributed by atoms with Gasteiger partial charge in [-0.15, -0.1) is 13.2 Å². The lowest BCUT2D eigenvalue weighted by atomic mass is 10.0. The zero-order valence-corrected chi connectivity index (χ0v) is 10.2. The first kappa shape index (κ1) is 13.6. The summed E-state index contributed by atoms with van der Waals surface area (Å²) in [5.41, 5.74) is 0.242. The molecule has 89 valence electrons. The van der Waals surface area contributed by atoms with Crippen molar-refractivity contribution in [2.75, 3.05) is 6.61 Å². The topological polar surface area (TPSA) is 29.5 Å². The average Bonchev–Trinajstić information content (AvgIpc) is 2.18. The van der Waals surface area contributed by atoms with E-state index in [2.05, 4.69) is 11.7 Å². The second-order valence-electron chi connectivity index (χ2n) is 3.09. The lowest BCUT2D eigenvalue weighted by Gasteiger charge is -2.17. The summed E-state index contributed by atoms with van der Waals surface area (Å²) >= 11 is 1.74. The third-order valence-corrected chi connectivity index (χ3v) is 2.72. The molecule has 1 atom stereocenters. The van der Waals surface area contributed by atoms with Crippen LogP contribution in [-0.4, -0.2) is 18.1 Å². The lowest BCUT2D eigenvalue weighted by molar-refractivity contribution is -0.275. The Morgan fingerprint density at radius 2 is 2.06 bits per heavy atom. The van der Waals surface area contributed by atoms with Crippen molar-refractivity contribution < 1.29 is 23.0 Å². The van der Waals surface area contributed by atoms with Crippen LogP contribution in [0.4, 0.5) is 13.2 Å². The van der Waals surface area contributed by atoms with Gasteiger partial charge >= 0.3 is 6.36 Å². The predicted molar refractivity (Wildman–Crippen MR) is 61.0 cm³/mol. The number of hydrogen-bond donors (Lipinski definition) is 1. The van der Waals surface area contributed by atoms with Crippen molar-refractivity contribution in [1.29, 1.82) is 0 Å². The van der Waals surface area contributed by atoms with E-state index in [0.717, 1.165) is 0 Å². The van der Waals surface area contributed by atoms with Gasteiger partial charge in [-0.2, -0.15) is 0 Å². The molecule has 1 aromatic rings. The quantitative estimate of drug-likeness (QED) is 0.854. The first-order valence-corrected chi connectivity index (χ1v) is 5.41. The predicted octanol–water partition coefficient (Wildman–Crippen LogP) is 3.10. The second kappa shape index (κ2) is 5.22. The Morgan fingerprint density at radius 1 is 1.44 bits per heavy atom. The molecule has 0 bridgehead atoms. The van der Waals surface area contributed by atoms with Crippen molar-refractivity contribution in [2.24, 2.45) is 0 Å². The lowest BCUT2D eigenvalue weighted by Crippen LogP contribution is -2.19. The highest BCUT2D eigenvalue weighted by Gasteiger charge is 2.33. The smallest absolute Gasteiger partial charge is 0.404 e. The second-order valence-corrected chi connectivity index (χ2v) is 4.25. The first-order valence-electron chi connectivity index (χ1n) is 4.33. The summed E-state index contributed by atoms with van der Waals surface area (Å²) in [5.74, 6) is -0.934. The van der Waals surface area contributed by atoms with Gasteiger partial charge in [-0.1, -0.05) is 12.1 Å². The molecular formula is C10H9F3IO2. The molecular weight excluding hydrogens is 336 g/mol. The number of aliphatic hydroxyl groups is 1. The maximum absolute atomic E-state index is 12.2. The van der Waals surface area contributed by atoms with Gasteiger partial charge < -0.3 is 9.84 Å². The van der Waals surface area contributed by atoms with Crippen molar-refractivity contribution >= 4 is 22.6 Å². The molecule has 0 amide bonds. The minimum Gasteiger partial charge on any atom is -0.404 e. The summed E-state index contributed by atoms with van der Waals surface area (Å²) in [7, 11) is 0. The molecule has 0 fully saturated rings. The minimum atomic E-state index is -4.74. The van der Waals surface area contributed by atoms with Crippen LogP contribution in [0, 0.1) is 10.5 Å². The Bertz CT molecular complexity index is 366. The van der Waals surface area contributed by atoms with Crippen LogP contribution in [0.2, 0.25) is 0 Å². The van der Waals surface area contributed by atoms with Gasteiger partial charge in [0.2, 0.25) is 0 Å². The number of hydrogen-bond acceptors (Lipinski definition) is 2. The maximum atomic E-state index is 12.2. The Morgan fingerprint density at radius 3 is 2.56 bits per heavy atom. The summed E-state index contributed by atoms with van der Waals surface area (Å²) < 4.78 is 40.7. The van der Waals surface area contributed by atoms with E-state index >= 15 is 0 Å². The number of ether oxygens (including phenoxy) is 1. The zero-order chi connectivity index (χ0) is 12.3. The molecule has 0 heterocycles. The van der Waals surface area contributed by atoms with E-state index in [0.29, 0.717) is 3.57 Å². The van der Waals surface area contributed by atoms with Crippen molar-refractivity contribution in [3.63, 3.8) is 0 Å². The maximum Gasteiger partial charge on any atom is 0.573 e. The molecule has 1 aromatic carbocycles. The van der Waals surface area contributed by atoms with Gasteiger partial charge in [0, 0.05) is 11.5 Å². The van der Waals surface area contributed by atoms with Gasteiger partial charge in [-0.25, -0.2) is 0 Å². The fourth-order valence-corrected chi connectivity index (χ4v) is 1.80. The Balaban J connectivity index is 3.13. The van der Waals surface area contributed by atoms with Gasteiger partial charge in [-0.05, 0) is 35.6 Å². The molecule has 1 rings (SSSR count). The summed E-state index contributed by atoms with van der Waals surface area (Å²) in [4.78, 5) is 0. The minimum absolute atomic E-state index is 0.242. The van der Waals surface area contributed by atoms with E-state index < -0.39 is 12.3 Å². The van der Waals surface area contributed by atoms with Crippen LogP contribution in [0.3, 0.4) is 0 Å². The van der Waals surface area contributed by atoms with Crippen molar-refractivity contribution in [3.8, 4) is 5.75 Å². The monoisotopic (exact) mass is 345 g/mol. The van der Waals surface area contributed by atoms with E-state index in [1.807, 2.05) is 0 Å². The van der Waals surface area contributed by atoms with Crippen molar-refractivity contribution in [2.45, 2.75) is 12.3 Å². The SMILES string of the molecule is [CH2]C(CO)c1cccc(I)c1OC(F)(F)F. The molecule has 0 aromatic heterocycles. The molecule has 6 heteroatoms. The van der Waals surface area contributed by atoms with Crippen LogP contribution in [0.1, 0.15) is 11.5 Å². The third kappa shape index (κ3) is 3.51. The van der Waals surface area contributed by atoms with Crippen LogP contribution in [0.25, 0.3) is 0 Å².